The molecule has 0 aliphatic carbocycles. The first-order valence-corrected chi connectivity index (χ1v) is 11.8. The fraction of sp³-hybridized carbons (Fsp3) is 0.423. The number of rotatable bonds is 5. The zero-order chi connectivity index (χ0) is 21.9. The first kappa shape index (κ1) is 20.7. The average Bonchev–Trinajstić information content (AvgIpc) is 3.49. The van der Waals surface area contributed by atoms with Crippen molar-refractivity contribution in [3.05, 3.63) is 65.9 Å². The lowest BCUT2D eigenvalue weighted by Gasteiger charge is -2.32. The minimum Gasteiger partial charge on any atom is -0.341 e. The summed E-state index contributed by atoms with van der Waals surface area (Å²) in [6.45, 7) is 3.33. The molecule has 0 bridgehead atoms. The number of hydrogen-bond acceptors (Lipinski definition) is 3. The molecule has 1 aromatic heterocycles. The second-order valence-electron chi connectivity index (χ2n) is 9.04. The predicted octanol–water partition coefficient (Wildman–Crippen LogP) is 3.75. The second kappa shape index (κ2) is 9.15. The summed E-state index contributed by atoms with van der Waals surface area (Å²) < 4.78 is 1.72. The zero-order valence-electron chi connectivity index (χ0n) is 18.4. The van der Waals surface area contributed by atoms with E-state index in [0.717, 1.165) is 69.2 Å². The van der Waals surface area contributed by atoms with Crippen molar-refractivity contribution in [2.75, 3.05) is 26.2 Å². The van der Waals surface area contributed by atoms with Gasteiger partial charge in [-0.2, -0.15) is 5.10 Å². The third kappa shape index (κ3) is 4.27. The maximum atomic E-state index is 13.1. The van der Waals surface area contributed by atoms with Crippen LogP contribution in [0.4, 0.5) is 0 Å². The third-order valence-corrected chi connectivity index (χ3v) is 6.87. The number of likely N-dealkylation sites (tertiary alicyclic amines) is 2. The van der Waals surface area contributed by atoms with E-state index in [1.54, 1.807) is 4.68 Å². The van der Waals surface area contributed by atoms with Crippen molar-refractivity contribution in [2.45, 2.75) is 38.6 Å². The first-order valence-electron chi connectivity index (χ1n) is 11.8. The number of carbonyl (C=O) groups excluding carboxylic acids is 2. The Hall–Kier alpha value is -3.15. The number of fused-ring (bicyclic) bond motifs is 1. The smallest absolute Gasteiger partial charge is 0.275 e. The van der Waals surface area contributed by atoms with Gasteiger partial charge >= 0.3 is 0 Å². The quantitative estimate of drug-likeness (QED) is 0.619. The van der Waals surface area contributed by atoms with Gasteiger partial charge in [-0.25, -0.2) is 0 Å². The van der Waals surface area contributed by atoms with Gasteiger partial charge in [-0.1, -0.05) is 48.5 Å². The Morgan fingerprint density at radius 2 is 1.53 bits per heavy atom. The molecule has 2 fully saturated rings. The minimum absolute atomic E-state index is 0.0216. The monoisotopic (exact) mass is 430 g/mol. The molecule has 3 aromatic rings. The number of para-hydroxylation sites is 1. The van der Waals surface area contributed by atoms with E-state index in [-0.39, 0.29) is 18.4 Å². The average molecular weight is 431 g/mol. The van der Waals surface area contributed by atoms with Gasteiger partial charge in [0.25, 0.3) is 5.91 Å². The lowest BCUT2D eigenvalue weighted by Crippen LogP contribution is -2.40. The molecule has 5 rings (SSSR count). The first-order chi connectivity index (χ1) is 15.7. The van der Waals surface area contributed by atoms with E-state index in [1.165, 1.54) is 5.56 Å². The summed E-state index contributed by atoms with van der Waals surface area (Å²) >= 11 is 0. The number of aromatic nitrogens is 2. The second-order valence-corrected chi connectivity index (χ2v) is 9.04. The molecule has 2 amide bonds. The van der Waals surface area contributed by atoms with Crippen molar-refractivity contribution in [3.8, 4) is 0 Å². The van der Waals surface area contributed by atoms with Gasteiger partial charge in [0.2, 0.25) is 5.91 Å². The molecule has 166 valence electrons. The summed E-state index contributed by atoms with van der Waals surface area (Å²) in [5.74, 6) is 0.680. The molecule has 6 nitrogen and oxygen atoms in total. The number of amides is 2. The van der Waals surface area contributed by atoms with Gasteiger partial charge in [0, 0.05) is 31.6 Å². The van der Waals surface area contributed by atoms with E-state index in [2.05, 4.69) is 29.4 Å². The normalized spacial score (nSPS) is 17.2. The van der Waals surface area contributed by atoms with E-state index >= 15 is 0 Å². The molecule has 0 saturated carbocycles. The van der Waals surface area contributed by atoms with Gasteiger partial charge in [0.15, 0.2) is 5.69 Å². The van der Waals surface area contributed by atoms with Crippen LogP contribution in [0.2, 0.25) is 0 Å². The maximum Gasteiger partial charge on any atom is 0.275 e. The highest BCUT2D eigenvalue weighted by Crippen LogP contribution is 2.24. The Kier molecular flexibility index (Phi) is 5.93. The largest absolute Gasteiger partial charge is 0.341 e. The van der Waals surface area contributed by atoms with Crippen LogP contribution in [0.25, 0.3) is 10.9 Å². The van der Waals surface area contributed by atoms with Gasteiger partial charge in [-0.15, -0.1) is 0 Å². The van der Waals surface area contributed by atoms with Crippen molar-refractivity contribution in [3.63, 3.8) is 0 Å². The molecule has 6 heteroatoms. The molecular weight excluding hydrogens is 400 g/mol. The topological polar surface area (TPSA) is 58.4 Å². The van der Waals surface area contributed by atoms with E-state index in [4.69, 9.17) is 0 Å². The molecule has 3 heterocycles. The van der Waals surface area contributed by atoms with E-state index in [1.807, 2.05) is 40.1 Å². The molecule has 2 saturated heterocycles. The molecule has 32 heavy (non-hydrogen) atoms. The lowest BCUT2D eigenvalue weighted by atomic mass is 9.90. The fourth-order valence-corrected chi connectivity index (χ4v) is 5.04. The zero-order valence-corrected chi connectivity index (χ0v) is 18.4. The highest BCUT2D eigenvalue weighted by atomic mass is 16.2. The van der Waals surface area contributed by atoms with Crippen molar-refractivity contribution < 1.29 is 9.59 Å². The Balaban J connectivity index is 1.26. The predicted molar refractivity (Wildman–Crippen MR) is 124 cm³/mol. The van der Waals surface area contributed by atoms with Crippen molar-refractivity contribution in [2.24, 2.45) is 5.92 Å². The molecule has 0 N–H and O–H groups in total. The number of carbonyl (C=O) groups is 2. The summed E-state index contributed by atoms with van der Waals surface area (Å²) in [5, 5.41) is 5.45. The number of benzene rings is 2. The molecular formula is C26H30N4O2. The van der Waals surface area contributed by atoms with E-state index < -0.39 is 0 Å². The van der Waals surface area contributed by atoms with Crippen LogP contribution in [0.1, 0.15) is 41.7 Å². The summed E-state index contributed by atoms with van der Waals surface area (Å²) in [6, 6.07) is 18.3. The summed E-state index contributed by atoms with van der Waals surface area (Å²) in [5.41, 5.74) is 2.69. The fourth-order valence-electron chi connectivity index (χ4n) is 5.04. The van der Waals surface area contributed by atoms with Crippen molar-refractivity contribution >= 4 is 22.7 Å². The molecule has 2 aliphatic heterocycles. The molecule has 2 aromatic carbocycles. The summed E-state index contributed by atoms with van der Waals surface area (Å²) in [4.78, 5) is 29.9. The summed E-state index contributed by atoms with van der Waals surface area (Å²) in [7, 11) is 0. The number of hydrogen-bond donors (Lipinski definition) is 0. The van der Waals surface area contributed by atoms with Crippen molar-refractivity contribution in [1.82, 2.24) is 19.6 Å². The van der Waals surface area contributed by atoms with Crippen LogP contribution in [0, 0.1) is 5.92 Å². The van der Waals surface area contributed by atoms with Gasteiger partial charge in [0.1, 0.15) is 6.54 Å². The van der Waals surface area contributed by atoms with Crippen LogP contribution in [0.5, 0.6) is 0 Å². The summed E-state index contributed by atoms with van der Waals surface area (Å²) in [6.07, 6.45) is 5.22. The van der Waals surface area contributed by atoms with Gasteiger partial charge < -0.3 is 9.80 Å². The number of piperidine rings is 1. The molecule has 2 aliphatic rings. The highest BCUT2D eigenvalue weighted by molar-refractivity contribution is 6.05. The van der Waals surface area contributed by atoms with Crippen LogP contribution >= 0.6 is 0 Å². The maximum absolute atomic E-state index is 13.1. The Morgan fingerprint density at radius 1 is 0.844 bits per heavy atom. The Bertz CT molecular complexity index is 1090. The highest BCUT2D eigenvalue weighted by Gasteiger charge is 2.27. The van der Waals surface area contributed by atoms with Gasteiger partial charge in [-0.05, 0) is 49.7 Å². The number of nitrogens with zero attached hydrogens (tertiary/aromatic N) is 4. The molecule has 0 atom stereocenters. The molecule has 0 spiro atoms. The van der Waals surface area contributed by atoms with Crippen LogP contribution in [0.15, 0.2) is 54.6 Å². The van der Waals surface area contributed by atoms with Crippen LogP contribution in [0.3, 0.4) is 0 Å². The minimum atomic E-state index is -0.0216. The molecule has 0 unspecified atom stereocenters. The third-order valence-electron chi connectivity index (χ3n) is 6.87. The van der Waals surface area contributed by atoms with Crippen LogP contribution in [-0.2, 0) is 17.8 Å². The van der Waals surface area contributed by atoms with Crippen LogP contribution < -0.4 is 0 Å². The van der Waals surface area contributed by atoms with Crippen LogP contribution in [-0.4, -0.2) is 57.6 Å². The molecule has 0 radical (unpaired) electrons. The standard InChI is InChI=1S/C26H30N4O2/c31-24(28-16-12-21(13-17-28)18-20-8-2-1-3-9-20)19-30-23-11-5-4-10-22(23)25(27-30)26(32)29-14-6-7-15-29/h1-5,8-11,21H,6-7,12-19H2. The van der Waals surface area contributed by atoms with Gasteiger partial charge in [-0.3, -0.25) is 14.3 Å². The Morgan fingerprint density at radius 3 is 2.28 bits per heavy atom. The van der Waals surface area contributed by atoms with Crippen molar-refractivity contribution in [1.29, 1.82) is 0 Å². The van der Waals surface area contributed by atoms with Gasteiger partial charge in [0.05, 0.1) is 5.52 Å². The van der Waals surface area contributed by atoms with E-state index in [9.17, 15) is 9.59 Å². The lowest BCUT2D eigenvalue weighted by molar-refractivity contribution is -0.133. The Labute approximate surface area is 188 Å². The van der Waals surface area contributed by atoms with E-state index in [0.29, 0.717) is 11.6 Å². The SMILES string of the molecule is O=C(Cn1nc(C(=O)N2CCCC2)c2ccccc21)N1CCC(Cc2ccccc2)CC1.